The van der Waals surface area contributed by atoms with Crippen molar-refractivity contribution in [2.24, 2.45) is 0 Å². The molecule has 0 aliphatic carbocycles. The zero-order valence-electron chi connectivity index (χ0n) is 23.4. The molecular formula is C30H32FN5O6. The zero-order chi connectivity index (χ0) is 30.4. The number of methoxy groups -OCH3 is 1. The van der Waals surface area contributed by atoms with Gasteiger partial charge in [0.05, 0.1) is 19.6 Å². The summed E-state index contributed by atoms with van der Waals surface area (Å²) in [4.78, 5) is 54.6. The number of halogens is 1. The van der Waals surface area contributed by atoms with Crippen LogP contribution in [0.4, 0.5) is 25.4 Å². The second kappa shape index (κ2) is 13.0. The van der Waals surface area contributed by atoms with Crippen molar-refractivity contribution < 1.29 is 33.4 Å². The number of carboxylic acids is 1. The summed E-state index contributed by atoms with van der Waals surface area (Å²) in [5, 5.41) is 17.7. The highest BCUT2D eigenvalue weighted by Gasteiger charge is 2.43. The molecule has 2 unspecified atom stereocenters. The molecule has 0 spiro atoms. The fraction of sp³-hybridized carbons (Fsp3) is 0.267. The lowest BCUT2D eigenvalue weighted by Gasteiger charge is -2.31. The summed E-state index contributed by atoms with van der Waals surface area (Å²) in [5.74, 6) is -1.91. The number of hydrogen-bond acceptors (Lipinski definition) is 5. The van der Waals surface area contributed by atoms with Crippen molar-refractivity contribution in [3.05, 3.63) is 89.2 Å². The Labute approximate surface area is 242 Å². The zero-order valence-corrected chi connectivity index (χ0v) is 23.4. The van der Waals surface area contributed by atoms with Crippen molar-refractivity contribution >= 4 is 35.3 Å². The van der Waals surface area contributed by atoms with Gasteiger partial charge in [-0.2, -0.15) is 0 Å². The van der Waals surface area contributed by atoms with E-state index in [0.717, 1.165) is 23.3 Å². The summed E-state index contributed by atoms with van der Waals surface area (Å²) in [7, 11) is 1.52. The van der Waals surface area contributed by atoms with Crippen LogP contribution in [0.15, 0.2) is 66.7 Å². The average Bonchev–Trinajstić information content (AvgIpc) is 3.39. The molecule has 1 heterocycles. The third kappa shape index (κ3) is 7.33. The second-order valence-electron chi connectivity index (χ2n) is 9.94. The van der Waals surface area contributed by atoms with Gasteiger partial charge >= 0.3 is 18.0 Å². The molecule has 1 saturated heterocycles. The lowest BCUT2D eigenvalue weighted by Crippen LogP contribution is -2.56. The van der Waals surface area contributed by atoms with Gasteiger partial charge in [-0.3, -0.25) is 19.4 Å². The summed E-state index contributed by atoms with van der Waals surface area (Å²) >= 11 is 0. The Hall–Kier alpha value is -5.13. The molecule has 1 fully saturated rings. The Morgan fingerprint density at radius 3 is 1.95 bits per heavy atom. The predicted molar refractivity (Wildman–Crippen MR) is 154 cm³/mol. The number of carbonyl (C=O) groups excluding carboxylic acids is 3. The van der Waals surface area contributed by atoms with Crippen LogP contribution in [0.3, 0.4) is 0 Å². The number of urea groups is 2. The van der Waals surface area contributed by atoms with E-state index in [9.17, 15) is 28.7 Å². The Morgan fingerprint density at radius 2 is 1.43 bits per heavy atom. The van der Waals surface area contributed by atoms with Gasteiger partial charge in [-0.25, -0.2) is 14.0 Å². The second-order valence-corrected chi connectivity index (χ2v) is 9.94. The number of carbonyl (C=O) groups is 4. The van der Waals surface area contributed by atoms with Gasteiger partial charge in [0, 0.05) is 24.5 Å². The molecule has 1 aliphatic heterocycles. The monoisotopic (exact) mass is 577 g/mol. The Kier molecular flexibility index (Phi) is 9.25. The minimum Gasteiger partial charge on any atom is -0.497 e. The molecule has 42 heavy (non-hydrogen) atoms. The van der Waals surface area contributed by atoms with E-state index in [1.54, 1.807) is 36.4 Å². The first-order valence-corrected chi connectivity index (χ1v) is 13.2. The van der Waals surface area contributed by atoms with Crippen molar-refractivity contribution in [1.82, 2.24) is 15.1 Å². The third-order valence-corrected chi connectivity index (χ3v) is 6.71. The van der Waals surface area contributed by atoms with Gasteiger partial charge < -0.3 is 25.8 Å². The number of carboxylic acid groups (broad SMARTS) is 1. The molecule has 0 bridgehead atoms. The predicted octanol–water partition coefficient (Wildman–Crippen LogP) is 4.49. The molecule has 5 amide bonds. The third-order valence-electron chi connectivity index (χ3n) is 6.71. The molecular weight excluding hydrogens is 545 g/mol. The maximum atomic E-state index is 13.8. The number of anilines is 2. The van der Waals surface area contributed by atoms with Gasteiger partial charge in [0.15, 0.2) is 6.17 Å². The SMILES string of the molecule is COc1ccc(NC(=O)N2CCN(C(=O)Nc3cc(C)cc(C)c3)C2C(=O)NC(CC(=O)O)c2ccc(F)cc2)cc1. The molecule has 1 aliphatic rings. The normalized spacial score (nSPS) is 15.1. The topological polar surface area (TPSA) is 140 Å². The summed E-state index contributed by atoms with van der Waals surface area (Å²) < 4.78 is 18.7. The number of aliphatic carboxylic acids is 1. The molecule has 0 radical (unpaired) electrons. The molecule has 3 aromatic carbocycles. The molecule has 3 aromatic rings. The van der Waals surface area contributed by atoms with Crippen molar-refractivity contribution in [1.29, 1.82) is 0 Å². The van der Waals surface area contributed by atoms with Crippen LogP contribution in [0.5, 0.6) is 5.75 Å². The highest BCUT2D eigenvalue weighted by Crippen LogP contribution is 2.24. The molecule has 4 N–H and O–H groups in total. The van der Waals surface area contributed by atoms with Gasteiger partial charge in [0.2, 0.25) is 0 Å². The van der Waals surface area contributed by atoms with Crippen LogP contribution < -0.4 is 20.7 Å². The first kappa shape index (κ1) is 29.8. The van der Waals surface area contributed by atoms with Gasteiger partial charge in [0.1, 0.15) is 11.6 Å². The number of benzene rings is 3. The van der Waals surface area contributed by atoms with E-state index in [4.69, 9.17) is 4.74 Å². The highest BCUT2D eigenvalue weighted by molar-refractivity contribution is 5.98. The molecule has 0 saturated carbocycles. The van der Waals surface area contributed by atoms with Gasteiger partial charge in [0.25, 0.3) is 5.91 Å². The first-order chi connectivity index (χ1) is 20.0. The van der Waals surface area contributed by atoms with Crippen molar-refractivity contribution in [2.45, 2.75) is 32.5 Å². The Balaban J connectivity index is 1.61. The van der Waals surface area contributed by atoms with Crippen LogP contribution in [-0.4, -0.2) is 65.2 Å². The molecule has 220 valence electrons. The molecule has 12 heteroatoms. The number of ether oxygens (including phenoxy) is 1. The Bertz CT molecular complexity index is 1440. The van der Waals surface area contributed by atoms with E-state index in [1.165, 1.54) is 29.0 Å². The highest BCUT2D eigenvalue weighted by atomic mass is 19.1. The van der Waals surface area contributed by atoms with E-state index >= 15 is 0 Å². The average molecular weight is 578 g/mol. The largest absolute Gasteiger partial charge is 0.497 e. The minimum atomic E-state index is -1.41. The van der Waals surface area contributed by atoms with Crippen molar-refractivity contribution in [3.8, 4) is 5.75 Å². The maximum absolute atomic E-state index is 13.8. The van der Waals surface area contributed by atoms with Crippen LogP contribution >= 0.6 is 0 Å². The van der Waals surface area contributed by atoms with Crippen LogP contribution in [0.1, 0.15) is 29.2 Å². The lowest BCUT2D eigenvalue weighted by molar-refractivity contribution is -0.138. The van der Waals surface area contributed by atoms with Crippen LogP contribution in [0.25, 0.3) is 0 Å². The number of nitrogens with one attached hydrogen (secondary N) is 3. The summed E-state index contributed by atoms with van der Waals surface area (Å²) in [6, 6.07) is 14.8. The van der Waals surface area contributed by atoms with E-state index in [-0.39, 0.29) is 13.1 Å². The van der Waals surface area contributed by atoms with Gasteiger partial charge in [-0.15, -0.1) is 0 Å². The summed E-state index contributed by atoms with van der Waals surface area (Å²) in [6.45, 7) is 3.83. The van der Waals surface area contributed by atoms with E-state index in [1.807, 2.05) is 19.9 Å². The number of rotatable bonds is 8. The fourth-order valence-corrected chi connectivity index (χ4v) is 4.82. The van der Waals surface area contributed by atoms with E-state index in [0.29, 0.717) is 22.7 Å². The maximum Gasteiger partial charge on any atom is 0.323 e. The van der Waals surface area contributed by atoms with Gasteiger partial charge in [-0.1, -0.05) is 18.2 Å². The van der Waals surface area contributed by atoms with Crippen LogP contribution in [-0.2, 0) is 9.59 Å². The number of amides is 5. The minimum absolute atomic E-state index is 0.0283. The first-order valence-electron chi connectivity index (χ1n) is 13.2. The number of aryl methyl sites for hydroxylation is 2. The smallest absolute Gasteiger partial charge is 0.323 e. The van der Waals surface area contributed by atoms with Crippen molar-refractivity contribution in [3.63, 3.8) is 0 Å². The summed E-state index contributed by atoms with van der Waals surface area (Å²) in [5.41, 5.74) is 3.17. The number of nitrogens with zero attached hydrogens (tertiary/aromatic N) is 2. The lowest BCUT2D eigenvalue weighted by atomic mass is 10.0. The standard InChI is InChI=1S/C30H32FN5O6/c1-18-14-19(2)16-23(15-18)33-30(41)36-13-12-35(29(40)32-22-8-10-24(42-3)11-9-22)28(36)27(39)34-25(17-26(37)38)20-4-6-21(31)7-5-20/h4-11,14-16,25,28H,12-13,17H2,1-3H3,(H,32,40)(H,33,41)(H,34,39)(H,37,38). The van der Waals surface area contributed by atoms with Crippen LogP contribution in [0, 0.1) is 19.7 Å². The molecule has 0 aromatic heterocycles. The fourth-order valence-electron chi connectivity index (χ4n) is 4.82. The quantitative estimate of drug-likeness (QED) is 0.311. The van der Waals surface area contributed by atoms with E-state index < -0.39 is 48.4 Å². The molecule has 11 nitrogen and oxygen atoms in total. The summed E-state index contributed by atoms with van der Waals surface area (Å²) in [6.07, 6.45) is -1.91. The Morgan fingerprint density at radius 1 is 0.881 bits per heavy atom. The van der Waals surface area contributed by atoms with Gasteiger partial charge in [-0.05, 0) is 79.1 Å². The molecule has 2 atom stereocenters. The van der Waals surface area contributed by atoms with Crippen molar-refractivity contribution in [2.75, 3.05) is 30.8 Å². The molecule has 4 rings (SSSR count). The number of hydrogen-bond donors (Lipinski definition) is 4. The van der Waals surface area contributed by atoms with E-state index in [2.05, 4.69) is 16.0 Å². The van der Waals surface area contributed by atoms with Crippen LogP contribution in [0.2, 0.25) is 0 Å².